The Morgan fingerprint density at radius 1 is 1.24 bits per heavy atom. The van der Waals surface area contributed by atoms with E-state index in [2.05, 4.69) is 45.0 Å². The highest BCUT2D eigenvalue weighted by molar-refractivity contribution is 5.58. The zero-order chi connectivity index (χ0) is 15.4. The molecule has 0 bridgehead atoms. The van der Waals surface area contributed by atoms with Crippen molar-refractivity contribution < 1.29 is 0 Å². The van der Waals surface area contributed by atoms with Gasteiger partial charge in [-0.05, 0) is 38.0 Å². The summed E-state index contributed by atoms with van der Waals surface area (Å²) in [5.74, 6) is 4.80. The highest BCUT2D eigenvalue weighted by Crippen LogP contribution is 2.39. The molecule has 0 aliphatic heterocycles. The number of aryl methyl sites for hydroxylation is 1. The zero-order valence-corrected chi connectivity index (χ0v) is 14.2. The quantitative estimate of drug-likeness (QED) is 0.793. The van der Waals surface area contributed by atoms with E-state index < -0.39 is 0 Å². The molecule has 0 spiro atoms. The number of nitrogens with one attached hydrogen (secondary N) is 1. The van der Waals surface area contributed by atoms with E-state index in [1.807, 2.05) is 0 Å². The van der Waals surface area contributed by atoms with Crippen LogP contribution in [0.3, 0.4) is 0 Å². The number of hydrogen-bond acceptors (Lipinski definition) is 4. The molecule has 1 aromatic rings. The van der Waals surface area contributed by atoms with Gasteiger partial charge in [0.1, 0.15) is 17.5 Å². The molecule has 1 aliphatic carbocycles. The molecule has 0 aromatic carbocycles. The van der Waals surface area contributed by atoms with Crippen molar-refractivity contribution in [3.8, 4) is 0 Å². The maximum Gasteiger partial charge on any atom is 0.137 e. The molecule has 1 aromatic heterocycles. The minimum atomic E-state index is 0.839. The molecule has 118 valence electrons. The third kappa shape index (κ3) is 4.08. The van der Waals surface area contributed by atoms with E-state index in [1.54, 1.807) is 0 Å². The maximum atomic E-state index is 4.81. The highest BCUT2D eigenvalue weighted by Gasteiger charge is 2.33. The van der Waals surface area contributed by atoms with Crippen molar-refractivity contribution in [3.05, 3.63) is 11.4 Å². The molecule has 1 saturated carbocycles. The first-order valence-electron chi connectivity index (χ1n) is 8.39. The van der Waals surface area contributed by atoms with E-state index in [0.717, 1.165) is 61.6 Å². The van der Waals surface area contributed by atoms with Crippen molar-refractivity contribution in [3.63, 3.8) is 0 Å². The molecule has 1 N–H and O–H groups in total. The van der Waals surface area contributed by atoms with Crippen LogP contribution in [0, 0.1) is 18.8 Å². The Kier molecular flexibility index (Phi) is 5.43. The lowest BCUT2D eigenvalue weighted by Crippen LogP contribution is -2.24. The largest absolute Gasteiger partial charge is 0.370 e. The molecular formula is C17H30N4. The van der Waals surface area contributed by atoms with Crippen LogP contribution >= 0.6 is 0 Å². The summed E-state index contributed by atoms with van der Waals surface area (Å²) in [4.78, 5) is 11.8. The average molecular weight is 290 g/mol. The van der Waals surface area contributed by atoms with Gasteiger partial charge in [-0.3, -0.25) is 0 Å². The Hall–Kier alpha value is -1.32. The Morgan fingerprint density at radius 2 is 1.95 bits per heavy atom. The molecule has 21 heavy (non-hydrogen) atoms. The highest BCUT2D eigenvalue weighted by atomic mass is 15.2. The molecule has 2 atom stereocenters. The van der Waals surface area contributed by atoms with Crippen LogP contribution in [0.5, 0.6) is 0 Å². The van der Waals surface area contributed by atoms with Gasteiger partial charge >= 0.3 is 0 Å². The molecule has 4 heteroatoms. The van der Waals surface area contributed by atoms with Crippen LogP contribution in [0.1, 0.15) is 51.4 Å². The number of anilines is 2. The molecule has 4 nitrogen and oxygen atoms in total. The topological polar surface area (TPSA) is 41.1 Å². The predicted octanol–water partition coefficient (Wildman–Crippen LogP) is 3.65. The SMILES string of the molecule is CCCNc1nc(CCC)nc(N(C)CC2CC2C)c1C. The molecule has 1 heterocycles. The van der Waals surface area contributed by atoms with Gasteiger partial charge in [-0.15, -0.1) is 0 Å². The van der Waals surface area contributed by atoms with E-state index in [-0.39, 0.29) is 0 Å². The lowest BCUT2D eigenvalue weighted by molar-refractivity contribution is 0.711. The van der Waals surface area contributed by atoms with Crippen LogP contribution in [0.25, 0.3) is 0 Å². The fourth-order valence-electron chi connectivity index (χ4n) is 2.76. The molecule has 0 saturated heterocycles. The summed E-state index contributed by atoms with van der Waals surface area (Å²) in [6.07, 6.45) is 4.50. The van der Waals surface area contributed by atoms with E-state index in [4.69, 9.17) is 9.97 Å². The van der Waals surface area contributed by atoms with Crippen LogP contribution in [-0.4, -0.2) is 30.1 Å². The molecule has 1 aliphatic rings. The molecule has 2 rings (SSSR count). The van der Waals surface area contributed by atoms with Gasteiger partial charge in [-0.2, -0.15) is 0 Å². The summed E-state index contributed by atoms with van der Waals surface area (Å²) >= 11 is 0. The Bertz CT molecular complexity index is 472. The first-order chi connectivity index (χ1) is 10.1. The summed E-state index contributed by atoms with van der Waals surface area (Å²) in [5.41, 5.74) is 1.18. The standard InChI is InChI=1S/C17H30N4/c1-6-8-15-19-16(18-9-7-2)13(4)17(20-15)21(5)11-14-10-12(14)3/h12,14H,6-11H2,1-5H3,(H,18,19,20). The van der Waals surface area contributed by atoms with Crippen molar-refractivity contribution in [2.24, 2.45) is 11.8 Å². The normalized spacial score (nSPS) is 20.4. The second-order valence-corrected chi connectivity index (χ2v) is 6.47. The van der Waals surface area contributed by atoms with Crippen molar-refractivity contribution in [2.75, 3.05) is 30.4 Å². The third-order valence-electron chi connectivity index (χ3n) is 4.33. The predicted molar refractivity (Wildman–Crippen MR) is 90.1 cm³/mol. The molecular weight excluding hydrogens is 260 g/mol. The van der Waals surface area contributed by atoms with Crippen molar-refractivity contribution >= 4 is 11.6 Å². The van der Waals surface area contributed by atoms with Gasteiger partial charge in [0.2, 0.25) is 0 Å². The third-order valence-corrected chi connectivity index (χ3v) is 4.33. The van der Waals surface area contributed by atoms with Crippen molar-refractivity contribution in [1.29, 1.82) is 0 Å². The Labute approximate surface area is 129 Å². The van der Waals surface area contributed by atoms with Crippen LogP contribution in [0.4, 0.5) is 11.6 Å². The summed E-state index contributed by atoms with van der Waals surface area (Å²) in [7, 11) is 2.17. The van der Waals surface area contributed by atoms with Crippen LogP contribution in [0.15, 0.2) is 0 Å². The zero-order valence-electron chi connectivity index (χ0n) is 14.2. The van der Waals surface area contributed by atoms with Gasteiger partial charge in [0.15, 0.2) is 0 Å². The average Bonchev–Trinajstić information content (AvgIpc) is 3.14. The summed E-state index contributed by atoms with van der Waals surface area (Å²) < 4.78 is 0. The first kappa shape index (κ1) is 16.1. The van der Waals surface area contributed by atoms with Gasteiger partial charge in [-0.25, -0.2) is 9.97 Å². The molecule has 2 unspecified atom stereocenters. The fourth-order valence-corrected chi connectivity index (χ4v) is 2.76. The van der Waals surface area contributed by atoms with Crippen LogP contribution in [0.2, 0.25) is 0 Å². The second-order valence-electron chi connectivity index (χ2n) is 6.47. The Morgan fingerprint density at radius 3 is 2.52 bits per heavy atom. The van der Waals surface area contributed by atoms with Gasteiger partial charge < -0.3 is 10.2 Å². The first-order valence-corrected chi connectivity index (χ1v) is 8.39. The smallest absolute Gasteiger partial charge is 0.137 e. The minimum Gasteiger partial charge on any atom is -0.370 e. The monoisotopic (exact) mass is 290 g/mol. The van der Waals surface area contributed by atoms with Crippen LogP contribution < -0.4 is 10.2 Å². The lowest BCUT2D eigenvalue weighted by Gasteiger charge is -2.22. The van der Waals surface area contributed by atoms with E-state index >= 15 is 0 Å². The number of nitrogens with zero attached hydrogens (tertiary/aromatic N) is 3. The van der Waals surface area contributed by atoms with Gasteiger partial charge in [0, 0.05) is 32.1 Å². The van der Waals surface area contributed by atoms with E-state index in [9.17, 15) is 0 Å². The van der Waals surface area contributed by atoms with Gasteiger partial charge in [0.05, 0.1) is 0 Å². The number of aromatic nitrogens is 2. The molecule has 0 radical (unpaired) electrons. The van der Waals surface area contributed by atoms with Gasteiger partial charge in [0.25, 0.3) is 0 Å². The summed E-state index contributed by atoms with van der Waals surface area (Å²) in [5, 5.41) is 3.46. The Balaban J connectivity index is 2.21. The van der Waals surface area contributed by atoms with Crippen LogP contribution in [-0.2, 0) is 6.42 Å². The summed E-state index contributed by atoms with van der Waals surface area (Å²) in [6.45, 7) is 10.9. The minimum absolute atomic E-state index is 0.839. The van der Waals surface area contributed by atoms with Gasteiger partial charge in [-0.1, -0.05) is 20.8 Å². The lowest BCUT2D eigenvalue weighted by atomic mass is 10.2. The molecule has 1 fully saturated rings. The fraction of sp³-hybridized carbons (Fsp3) is 0.765. The van der Waals surface area contributed by atoms with E-state index in [1.165, 1.54) is 12.0 Å². The number of hydrogen-bond donors (Lipinski definition) is 1. The van der Waals surface area contributed by atoms with Crippen molar-refractivity contribution in [2.45, 2.75) is 53.4 Å². The summed E-state index contributed by atoms with van der Waals surface area (Å²) in [6, 6.07) is 0. The second kappa shape index (κ2) is 7.10. The van der Waals surface area contributed by atoms with E-state index in [0.29, 0.717) is 0 Å². The molecule has 0 amide bonds. The van der Waals surface area contributed by atoms with Crippen molar-refractivity contribution in [1.82, 2.24) is 9.97 Å². The maximum absolute atomic E-state index is 4.81. The number of rotatable bonds is 8.